The highest BCUT2D eigenvalue weighted by Gasteiger charge is 2.54. The topological polar surface area (TPSA) is 767 Å². The maximum Gasteiger partial charge on any atom is 0.482 e. The number of fused-ring (bicyclic) bond motifs is 1. The monoisotopic (exact) mass is 1860 g/mol. The van der Waals surface area contributed by atoms with Gasteiger partial charge in [0.1, 0.15) is 0 Å². The lowest BCUT2D eigenvalue weighted by atomic mass is 9.76. The van der Waals surface area contributed by atoms with E-state index in [-0.39, 0.29) is 87.8 Å². The van der Waals surface area contributed by atoms with Gasteiger partial charge < -0.3 is 147 Å². The van der Waals surface area contributed by atoms with E-state index in [2.05, 4.69) is 37.2 Å². The van der Waals surface area contributed by atoms with Gasteiger partial charge in [0.2, 0.25) is 65.0 Å². The van der Waals surface area contributed by atoms with Gasteiger partial charge in [-0.05, 0) is 129 Å². The Labute approximate surface area is 777 Å². The van der Waals surface area contributed by atoms with Gasteiger partial charge in [0.15, 0.2) is 0 Å². The van der Waals surface area contributed by atoms with Crippen LogP contribution < -0.4 is 77.4 Å². The van der Waals surface area contributed by atoms with Crippen molar-refractivity contribution in [2.24, 2.45) is 40.1 Å². The molecule has 7 aromatic carbocycles. The van der Waals surface area contributed by atoms with E-state index in [0.29, 0.717) is 36.0 Å². The predicted octanol–water partition coefficient (Wildman–Crippen LogP) is -3.85. The highest BCUT2D eigenvalue weighted by molar-refractivity contribution is 6.49. The van der Waals surface area contributed by atoms with Crippen LogP contribution in [0.15, 0.2) is 188 Å². The van der Waals surface area contributed by atoms with E-state index in [0.717, 1.165) is 46.7 Å². The Morgan fingerprint density at radius 2 is 0.590 bits per heavy atom. The number of carbonyl (C=O) groups is 14. The molecule has 1 aliphatic rings. The molecule has 0 aromatic heterocycles. The summed E-state index contributed by atoms with van der Waals surface area (Å²) in [6, 6.07) is 57.2. The van der Waals surface area contributed by atoms with Crippen LogP contribution in [0.25, 0.3) is 21.9 Å². The summed E-state index contributed by atoms with van der Waals surface area (Å²) in [5.41, 5.74) is 39.3. The lowest BCUT2D eigenvalue weighted by molar-refractivity contribution is -0.123. The van der Waals surface area contributed by atoms with E-state index in [1.165, 1.54) is 5.56 Å². The SMILES string of the molecule is CC1(C)OB([C@H](CC(N)=O)NC(=O)CCCc2ccccc2)OC1(C)C.CCC(=O)N[C@H](CC(N)=O)B(O)O.CCCC(=O)N[C@H](CC(N)=O)B(O)O.NC(=O)C[C@@H](NC(=O)CCCc1ccccc1)B(O)O.NC(=O)C[C@@H](NC(=O)c1ccc(-c2ccccc2)cc1)B(O)O.NC(=O)C[C@@H](NC(=O)c1ccc2ccccc2c1)B(O)O.NC(=O)C[C@@H](NC(=O)c1ccccc1)B(O)O. The third-order valence-corrected chi connectivity index (χ3v) is 19.6. The molecule has 1 fully saturated rings. The summed E-state index contributed by atoms with van der Waals surface area (Å²) < 4.78 is 11.9. The molecule has 0 spiro atoms. The molecule has 0 saturated carbocycles. The van der Waals surface area contributed by atoms with Crippen LogP contribution in [-0.2, 0) is 74.9 Å². The minimum absolute atomic E-state index is 0.0265. The van der Waals surface area contributed by atoms with Crippen LogP contribution in [0.4, 0.5) is 0 Å². The molecule has 720 valence electrons. The van der Waals surface area contributed by atoms with E-state index < -0.39 is 162 Å². The van der Waals surface area contributed by atoms with Gasteiger partial charge in [0.05, 0.1) is 52.8 Å². The van der Waals surface area contributed by atoms with Gasteiger partial charge in [0.25, 0.3) is 17.7 Å². The molecule has 0 bridgehead atoms. The molecule has 42 nitrogen and oxygen atoms in total. The summed E-state index contributed by atoms with van der Waals surface area (Å²) in [4.78, 5) is 157. The van der Waals surface area contributed by atoms with Crippen LogP contribution in [0.2, 0.25) is 0 Å². The molecular weight excluding hydrogens is 1740 g/mol. The lowest BCUT2D eigenvalue weighted by Gasteiger charge is -2.32. The summed E-state index contributed by atoms with van der Waals surface area (Å²) in [5, 5.41) is 127. The molecule has 1 heterocycles. The summed E-state index contributed by atoms with van der Waals surface area (Å²) in [6.07, 6.45) is 2.75. The van der Waals surface area contributed by atoms with Gasteiger partial charge in [-0.25, -0.2) is 0 Å². The molecule has 0 aliphatic carbocycles. The fourth-order valence-corrected chi connectivity index (χ4v) is 11.9. The van der Waals surface area contributed by atoms with Crippen LogP contribution in [0.3, 0.4) is 0 Å². The fourth-order valence-electron chi connectivity index (χ4n) is 11.9. The second-order valence-electron chi connectivity index (χ2n) is 31.4. The quantitative estimate of drug-likeness (QED) is 0.0163. The van der Waals surface area contributed by atoms with Crippen molar-refractivity contribution in [1.29, 1.82) is 0 Å². The third kappa shape index (κ3) is 48.6. The molecular formula is C85H121B7N14O28. The van der Waals surface area contributed by atoms with Crippen molar-refractivity contribution in [2.75, 3.05) is 0 Å². The summed E-state index contributed by atoms with van der Waals surface area (Å²) in [7, 11) is -11.6. The van der Waals surface area contributed by atoms with E-state index in [1.807, 2.05) is 150 Å². The Bertz CT molecular complexity index is 4830. The first-order valence-electron chi connectivity index (χ1n) is 42.4. The standard InChI is InChI=1S/C19H29BN2O4.C16H17BN2O4.C14H15BN2O4.C13H19BN2O4.C10H13BN2O4.C7H15BN2O4.C6H13BN2O4/c1-18(2)19(3,4)26-20(25-18)15(13-16(21)23)22-17(24)12-8-11-14-9-6-5-7-10-14;18-15(20)10-14(17(22)23)19-16(21)13-8-6-12(7-9-13)11-4-2-1-3-5-11;16-13(18)8-12(15(20)21)17-14(19)11-6-5-9-3-1-2-4-10(9)7-11;15-12(17)9-11(14(19)20)16-13(18)8-4-7-10-5-2-1-3-6-10;12-9(14)6-8(11(16)17)13-10(15)7-4-2-1-3-5-7;1-2-3-7(12)10-5(8(13)14)4-6(9)11;1-2-6(11)9-4(7(12)13)3-5(8)10/h5-7,9-10,15H,8,11-13H2,1-4H3,(H2,21,23)(H,22,24);1-9,14,22-23H,10H2,(H2,18,20)(H,19,21);1-7,12,20-21H,8H2,(H2,16,18)(H,17,19);1-3,5-6,11,19-20H,4,7-9H2,(H2,15,17)(H,16,18);1-5,8,16-17H,6H2,(H2,12,14)(H,13,15);5,13-14H,2-4H2,1H3,(H2,9,11)(H,10,12);4,12-13H,2-3H2,1H3,(H2,8,10)(H,9,11)/t15-;14-;12-;11-;8-;5-;4-/m0111111/s1. The maximum atomic E-state index is 12.3. The number of benzene rings is 7. The lowest BCUT2D eigenvalue weighted by Crippen LogP contribution is -2.50. The molecule has 1 saturated heterocycles. The summed E-state index contributed by atoms with van der Waals surface area (Å²) >= 11 is 0. The van der Waals surface area contributed by atoms with E-state index in [1.54, 1.807) is 79.7 Å². The molecule has 8 rings (SSSR count). The van der Waals surface area contributed by atoms with E-state index in [4.69, 9.17) is 99.7 Å². The van der Waals surface area contributed by atoms with Crippen molar-refractivity contribution in [3.05, 3.63) is 216 Å². The van der Waals surface area contributed by atoms with Gasteiger partial charge in [-0.1, -0.05) is 166 Å². The zero-order valence-corrected chi connectivity index (χ0v) is 75.2. The zero-order valence-electron chi connectivity index (χ0n) is 75.2. The van der Waals surface area contributed by atoms with E-state index >= 15 is 0 Å². The van der Waals surface area contributed by atoms with Gasteiger partial charge in [-0.3, -0.25) is 67.1 Å². The molecule has 0 radical (unpaired) electrons. The number of hydrogen-bond acceptors (Lipinski definition) is 28. The molecule has 49 heteroatoms. The molecule has 33 N–H and O–H groups in total. The fraction of sp³-hybridized carbons (Fsp3) is 0.365. The Kier molecular flexibility index (Phi) is 54.2. The van der Waals surface area contributed by atoms with Crippen LogP contribution in [-0.4, -0.2) is 246 Å². The van der Waals surface area contributed by atoms with Crippen LogP contribution in [0, 0.1) is 0 Å². The number of aryl methyl sites for hydroxylation is 2. The van der Waals surface area contributed by atoms with Gasteiger partial charge >= 0.3 is 49.8 Å². The van der Waals surface area contributed by atoms with Gasteiger partial charge in [-0.15, -0.1) is 0 Å². The summed E-state index contributed by atoms with van der Waals surface area (Å²) in [6.45, 7) is 11.1. The number of carbonyl (C=O) groups excluding carboxylic acids is 14. The van der Waals surface area contributed by atoms with Crippen molar-refractivity contribution >= 4 is 143 Å². The molecule has 134 heavy (non-hydrogen) atoms. The first-order valence-corrected chi connectivity index (χ1v) is 42.4. The number of rotatable bonds is 43. The number of nitrogens with two attached hydrogens (primary N) is 7. The highest BCUT2D eigenvalue weighted by atomic mass is 16.7. The summed E-state index contributed by atoms with van der Waals surface area (Å²) in [5.74, 6) is -14.5. The van der Waals surface area contributed by atoms with Crippen molar-refractivity contribution in [3.63, 3.8) is 0 Å². The Balaban J connectivity index is 0.000000535. The number of primary amides is 7. The highest BCUT2D eigenvalue weighted by Crippen LogP contribution is 2.38. The normalized spacial score (nSPS) is 13.2. The maximum absolute atomic E-state index is 12.3. The Hall–Kier alpha value is -12.7. The van der Waals surface area contributed by atoms with Crippen molar-refractivity contribution < 1.29 is 137 Å². The smallest absolute Gasteiger partial charge is 0.426 e. The molecule has 7 atom stereocenters. The van der Waals surface area contributed by atoms with Crippen LogP contribution in [0.1, 0.15) is 174 Å². The first kappa shape index (κ1) is 117. The Morgan fingerprint density at radius 1 is 0.313 bits per heavy atom. The molecule has 14 amide bonds. The second kappa shape index (κ2) is 61.9. The largest absolute Gasteiger partial charge is 0.482 e. The molecule has 1 aliphatic heterocycles. The van der Waals surface area contributed by atoms with Crippen molar-refractivity contribution in [3.8, 4) is 11.1 Å². The van der Waals surface area contributed by atoms with E-state index in [9.17, 15) is 77.2 Å². The average Bonchev–Trinajstić information content (AvgIpc) is 1.63. The Morgan fingerprint density at radius 3 is 0.925 bits per heavy atom. The van der Waals surface area contributed by atoms with Gasteiger partial charge in [0, 0.05) is 87.3 Å². The number of hydrogen-bond donors (Lipinski definition) is 26. The average molecular weight is 1860 g/mol. The minimum Gasteiger partial charge on any atom is -0.426 e. The first-order chi connectivity index (χ1) is 63.0. The predicted molar refractivity (Wildman–Crippen MR) is 502 cm³/mol. The van der Waals surface area contributed by atoms with Crippen LogP contribution >= 0.6 is 0 Å². The van der Waals surface area contributed by atoms with Crippen molar-refractivity contribution in [2.45, 2.75) is 197 Å². The second-order valence-corrected chi connectivity index (χ2v) is 31.4. The number of nitrogens with one attached hydrogen (secondary N) is 7. The third-order valence-electron chi connectivity index (χ3n) is 19.6. The molecule has 7 aromatic rings. The zero-order chi connectivity index (χ0) is 101. The molecule has 0 unspecified atom stereocenters. The van der Waals surface area contributed by atoms with Gasteiger partial charge in [-0.2, -0.15) is 0 Å². The van der Waals surface area contributed by atoms with Crippen molar-refractivity contribution in [1.82, 2.24) is 37.2 Å². The van der Waals surface area contributed by atoms with Crippen LogP contribution in [0.5, 0.6) is 0 Å². The minimum atomic E-state index is -1.87. The number of amides is 14.